The molecule has 0 aliphatic heterocycles. The molecule has 0 atom stereocenters. The minimum atomic E-state index is -0.116. The monoisotopic (exact) mass is 342 g/mol. The Labute approximate surface area is 149 Å². The van der Waals surface area contributed by atoms with Crippen LogP contribution in [0.5, 0.6) is 5.75 Å². The zero-order chi connectivity index (χ0) is 18.1. The van der Waals surface area contributed by atoms with Crippen molar-refractivity contribution in [3.8, 4) is 5.75 Å². The molecule has 25 heavy (non-hydrogen) atoms. The lowest BCUT2D eigenvalue weighted by atomic mass is 10.2. The Hall–Kier alpha value is -2.60. The third-order valence-corrected chi connectivity index (χ3v) is 3.72. The number of methoxy groups -OCH3 is 1. The summed E-state index contributed by atoms with van der Waals surface area (Å²) in [5.74, 6) is 1.40. The molecule has 0 unspecified atom stereocenters. The van der Waals surface area contributed by atoms with Crippen molar-refractivity contribution >= 4 is 11.7 Å². The largest absolute Gasteiger partial charge is 0.497 e. The van der Waals surface area contributed by atoms with Crippen molar-refractivity contribution in [1.82, 2.24) is 15.2 Å². The fourth-order valence-corrected chi connectivity index (χ4v) is 2.31. The van der Waals surface area contributed by atoms with E-state index in [1.807, 2.05) is 38.4 Å². The molecule has 2 N–H and O–H groups in total. The van der Waals surface area contributed by atoms with Gasteiger partial charge in [-0.15, -0.1) is 0 Å². The first-order valence-electron chi connectivity index (χ1n) is 8.34. The molecule has 2 rings (SSSR count). The van der Waals surface area contributed by atoms with Gasteiger partial charge in [0.1, 0.15) is 11.6 Å². The number of carbonyl (C=O) groups excluding carboxylic acids is 1. The molecule has 0 saturated heterocycles. The number of hydrogen-bond donors (Lipinski definition) is 2. The van der Waals surface area contributed by atoms with Crippen LogP contribution < -0.4 is 15.4 Å². The molecule has 1 aromatic heterocycles. The van der Waals surface area contributed by atoms with Crippen molar-refractivity contribution in [2.24, 2.45) is 0 Å². The second kappa shape index (κ2) is 9.64. The molecule has 6 nitrogen and oxygen atoms in total. The molecule has 2 aromatic rings. The molecule has 0 aliphatic rings. The number of carbonyl (C=O) groups is 1. The van der Waals surface area contributed by atoms with E-state index >= 15 is 0 Å². The quantitative estimate of drug-likeness (QED) is 0.685. The van der Waals surface area contributed by atoms with E-state index in [2.05, 4.69) is 20.5 Å². The van der Waals surface area contributed by atoms with Crippen LogP contribution in [-0.2, 0) is 6.54 Å². The van der Waals surface area contributed by atoms with Crippen LogP contribution in [0.15, 0.2) is 42.6 Å². The van der Waals surface area contributed by atoms with Gasteiger partial charge in [0.05, 0.1) is 7.11 Å². The first-order valence-corrected chi connectivity index (χ1v) is 8.34. The molecule has 0 saturated carbocycles. The van der Waals surface area contributed by atoms with Crippen LogP contribution in [0, 0.1) is 0 Å². The van der Waals surface area contributed by atoms with Gasteiger partial charge in [0.2, 0.25) is 0 Å². The number of nitrogens with one attached hydrogen (secondary N) is 2. The van der Waals surface area contributed by atoms with Gasteiger partial charge < -0.3 is 20.3 Å². The number of hydrogen-bond acceptors (Lipinski definition) is 5. The van der Waals surface area contributed by atoms with Crippen LogP contribution in [0.2, 0.25) is 0 Å². The molecule has 1 amide bonds. The number of rotatable bonds is 9. The van der Waals surface area contributed by atoms with Crippen LogP contribution in [0.4, 0.5) is 5.82 Å². The maximum absolute atomic E-state index is 12.3. The summed E-state index contributed by atoms with van der Waals surface area (Å²) >= 11 is 0. The van der Waals surface area contributed by atoms with Gasteiger partial charge in [-0.05, 0) is 56.9 Å². The molecule has 1 heterocycles. The summed E-state index contributed by atoms with van der Waals surface area (Å²) < 4.78 is 5.13. The Morgan fingerprint density at radius 2 is 1.96 bits per heavy atom. The maximum Gasteiger partial charge on any atom is 0.251 e. The number of ether oxygens (including phenoxy) is 1. The summed E-state index contributed by atoms with van der Waals surface area (Å²) in [7, 11) is 5.73. The van der Waals surface area contributed by atoms with Crippen molar-refractivity contribution in [2.45, 2.75) is 13.0 Å². The molecule has 1 aromatic carbocycles. The van der Waals surface area contributed by atoms with E-state index in [4.69, 9.17) is 4.74 Å². The average Bonchev–Trinajstić information content (AvgIpc) is 2.64. The van der Waals surface area contributed by atoms with E-state index in [1.165, 1.54) is 0 Å². The van der Waals surface area contributed by atoms with Crippen LogP contribution in [-0.4, -0.2) is 50.1 Å². The molecule has 0 fully saturated rings. The molecular formula is C19H26N4O2. The van der Waals surface area contributed by atoms with E-state index < -0.39 is 0 Å². The van der Waals surface area contributed by atoms with Gasteiger partial charge in [-0.1, -0.05) is 12.1 Å². The van der Waals surface area contributed by atoms with Gasteiger partial charge >= 0.3 is 0 Å². The second-order valence-corrected chi connectivity index (χ2v) is 6.04. The lowest BCUT2D eigenvalue weighted by molar-refractivity contribution is 0.0951. The smallest absolute Gasteiger partial charge is 0.251 e. The highest BCUT2D eigenvalue weighted by molar-refractivity contribution is 5.94. The van der Waals surface area contributed by atoms with Crippen molar-refractivity contribution in [2.75, 3.05) is 39.6 Å². The number of benzene rings is 1. The number of amides is 1. The minimum absolute atomic E-state index is 0.116. The summed E-state index contributed by atoms with van der Waals surface area (Å²) in [6.07, 6.45) is 2.67. The van der Waals surface area contributed by atoms with Crippen molar-refractivity contribution in [1.29, 1.82) is 0 Å². The van der Waals surface area contributed by atoms with Gasteiger partial charge in [-0.2, -0.15) is 0 Å². The Morgan fingerprint density at radius 1 is 1.20 bits per heavy atom. The van der Waals surface area contributed by atoms with Gasteiger partial charge in [0.15, 0.2) is 0 Å². The third kappa shape index (κ3) is 6.43. The Morgan fingerprint density at radius 3 is 2.64 bits per heavy atom. The van der Waals surface area contributed by atoms with E-state index in [9.17, 15) is 4.79 Å². The minimum Gasteiger partial charge on any atom is -0.497 e. The second-order valence-electron chi connectivity index (χ2n) is 6.04. The highest BCUT2D eigenvalue weighted by atomic mass is 16.5. The molecule has 0 spiro atoms. The Bertz CT molecular complexity index is 671. The molecule has 134 valence electrons. The Kier molecular flexibility index (Phi) is 7.22. The van der Waals surface area contributed by atoms with Crippen LogP contribution >= 0.6 is 0 Å². The molecule has 0 radical (unpaired) electrons. The van der Waals surface area contributed by atoms with Crippen molar-refractivity contribution in [3.63, 3.8) is 0 Å². The Balaban J connectivity index is 1.85. The van der Waals surface area contributed by atoms with Gasteiger partial charge in [0.25, 0.3) is 5.91 Å². The van der Waals surface area contributed by atoms with Crippen LogP contribution in [0.3, 0.4) is 0 Å². The maximum atomic E-state index is 12.3. The first kappa shape index (κ1) is 18.7. The highest BCUT2D eigenvalue weighted by Gasteiger charge is 2.07. The summed E-state index contributed by atoms with van der Waals surface area (Å²) in [5.41, 5.74) is 1.61. The zero-order valence-electron chi connectivity index (χ0n) is 15.1. The van der Waals surface area contributed by atoms with E-state index in [1.54, 1.807) is 25.4 Å². The SMILES string of the molecule is COc1ccc(CNC(=O)c2ccnc(NCCCN(C)C)c2)cc1. The van der Waals surface area contributed by atoms with Gasteiger partial charge in [0, 0.05) is 24.8 Å². The number of aromatic nitrogens is 1. The lowest BCUT2D eigenvalue weighted by Crippen LogP contribution is -2.23. The number of anilines is 1. The highest BCUT2D eigenvalue weighted by Crippen LogP contribution is 2.12. The van der Waals surface area contributed by atoms with E-state index in [0.717, 1.165) is 36.6 Å². The predicted octanol–water partition coefficient (Wildman–Crippen LogP) is 2.38. The molecule has 0 bridgehead atoms. The number of nitrogens with zero attached hydrogens (tertiary/aromatic N) is 2. The average molecular weight is 342 g/mol. The molecule has 6 heteroatoms. The summed E-state index contributed by atoms with van der Waals surface area (Å²) in [6, 6.07) is 11.1. The summed E-state index contributed by atoms with van der Waals surface area (Å²) in [5, 5.41) is 6.17. The van der Waals surface area contributed by atoms with Crippen LogP contribution in [0.25, 0.3) is 0 Å². The zero-order valence-corrected chi connectivity index (χ0v) is 15.1. The normalized spacial score (nSPS) is 10.6. The number of pyridine rings is 1. The summed E-state index contributed by atoms with van der Waals surface area (Å²) in [4.78, 5) is 18.7. The van der Waals surface area contributed by atoms with Crippen molar-refractivity contribution < 1.29 is 9.53 Å². The third-order valence-electron chi connectivity index (χ3n) is 3.72. The van der Waals surface area contributed by atoms with Gasteiger partial charge in [-0.3, -0.25) is 4.79 Å². The van der Waals surface area contributed by atoms with Gasteiger partial charge in [-0.25, -0.2) is 4.98 Å². The van der Waals surface area contributed by atoms with Crippen LogP contribution in [0.1, 0.15) is 22.3 Å². The first-order chi connectivity index (χ1) is 12.1. The molecular weight excluding hydrogens is 316 g/mol. The van der Waals surface area contributed by atoms with Crippen molar-refractivity contribution in [3.05, 3.63) is 53.7 Å². The summed E-state index contributed by atoms with van der Waals surface area (Å²) in [6.45, 7) is 2.30. The fourth-order valence-electron chi connectivity index (χ4n) is 2.31. The predicted molar refractivity (Wildman–Crippen MR) is 100 cm³/mol. The topological polar surface area (TPSA) is 66.5 Å². The van der Waals surface area contributed by atoms with E-state index in [-0.39, 0.29) is 5.91 Å². The fraction of sp³-hybridized carbons (Fsp3) is 0.368. The lowest BCUT2D eigenvalue weighted by Gasteiger charge is -2.11. The molecule has 0 aliphatic carbocycles. The van der Waals surface area contributed by atoms with E-state index in [0.29, 0.717) is 12.1 Å². The standard InChI is InChI=1S/C19H26N4O2/c1-23(2)12-4-10-20-18-13-16(9-11-21-18)19(24)22-14-15-5-7-17(25-3)8-6-15/h5-9,11,13H,4,10,12,14H2,1-3H3,(H,20,21)(H,22,24).